The van der Waals surface area contributed by atoms with Gasteiger partial charge < -0.3 is 20.4 Å². The number of aliphatic carboxylic acids is 2. The number of rotatable bonds is 3. The first kappa shape index (κ1) is 14.8. The Bertz CT molecular complexity index is 406. The van der Waals surface area contributed by atoms with Crippen molar-refractivity contribution < 1.29 is 24.6 Å². The summed E-state index contributed by atoms with van der Waals surface area (Å²) in [6.07, 6.45) is 1.95. The van der Waals surface area contributed by atoms with Crippen LogP contribution in [0.2, 0.25) is 0 Å². The molecule has 2 heterocycles. The van der Waals surface area contributed by atoms with Crippen molar-refractivity contribution >= 4 is 17.8 Å². The van der Waals surface area contributed by atoms with Gasteiger partial charge in [0.1, 0.15) is 0 Å². The molecule has 2 aliphatic rings. The summed E-state index contributed by atoms with van der Waals surface area (Å²) in [4.78, 5) is 36.1. The maximum Gasteiger partial charge on any atom is 0.309 e. The van der Waals surface area contributed by atoms with Crippen molar-refractivity contribution in [3.8, 4) is 0 Å². The minimum absolute atomic E-state index is 0.00162. The Hall–Kier alpha value is -1.63. The fourth-order valence-corrected chi connectivity index (χ4v) is 3.02. The zero-order valence-corrected chi connectivity index (χ0v) is 11.2. The van der Waals surface area contributed by atoms with Gasteiger partial charge in [0.15, 0.2) is 0 Å². The van der Waals surface area contributed by atoms with Gasteiger partial charge in [-0.1, -0.05) is 0 Å². The second-order valence-electron chi connectivity index (χ2n) is 5.51. The zero-order valence-electron chi connectivity index (χ0n) is 11.2. The van der Waals surface area contributed by atoms with Crippen LogP contribution < -0.4 is 5.32 Å². The molecule has 2 fully saturated rings. The van der Waals surface area contributed by atoms with Crippen molar-refractivity contribution in [2.45, 2.75) is 19.3 Å². The largest absolute Gasteiger partial charge is 0.481 e. The van der Waals surface area contributed by atoms with E-state index in [1.54, 1.807) is 0 Å². The number of piperidine rings is 2. The average Bonchev–Trinajstić information content (AvgIpc) is 2.46. The van der Waals surface area contributed by atoms with E-state index < -0.39 is 23.8 Å². The van der Waals surface area contributed by atoms with Crippen LogP contribution in [0.4, 0.5) is 0 Å². The van der Waals surface area contributed by atoms with Gasteiger partial charge in [0, 0.05) is 19.6 Å². The first-order valence-corrected chi connectivity index (χ1v) is 6.96. The molecular weight excluding hydrogens is 264 g/mol. The van der Waals surface area contributed by atoms with E-state index in [2.05, 4.69) is 5.32 Å². The van der Waals surface area contributed by atoms with Crippen LogP contribution in [0.5, 0.6) is 0 Å². The topological polar surface area (TPSA) is 107 Å². The highest BCUT2D eigenvalue weighted by molar-refractivity contribution is 5.83. The molecular formula is C13H20N2O5. The van der Waals surface area contributed by atoms with E-state index in [1.165, 1.54) is 4.90 Å². The van der Waals surface area contributed by atoms with Crippen LogP contribution in [0.25, 0.3) is 0 Å². The number of amides is 1. The molecule has 7 heteroatoms. The lowest BCUT2D eigenvalue weighted by molar-refractivity contribution is -0.159. The Kier molecular flexibility index (Phi) is 4.59. The number of hydrogen-bond donors (Lipinski definition) is 3. The highest BCUT2D eigenvalue weighted by atomic mass is 16.4. The van der Waals surface area contributed by atoms with Gasteiger partial charge in [-0.2, -0.15) is 0 Å². The first-order chi connectivity index (χ1) is 9.50. The molecule has 0 saturated carbocycles. The number of carbonyl (C=O) groups excluding carboxylic acids is 1. The number of carboxylic acids is 2. The second-order valence-corrected chi connectivity index (χ2v) is 5.51. The summed E-state index contributed by atoms with van der Waals surface area (Å²) in [5, 5.41) is 21.4. The van der Waals surface area contributed by atoms with Crippen molar-refractivity contribution in [1.29, 1.82) is 0 Å². The van der Waals surface area contributed by atoms with Crippen molar-refractivity contribution in [3.63, 3.8) is 0 Å². The fourth-order valence-electron chi connectivity index (χ4n) is 3.02. The molecule has 0 aromatic carbocycles. The van der Waals surface area contributed by atoms with Crippen LogP contribution in [0.15, 0.2) is 0 Å². The van der Waals surface area contributed by atoms with Crippen LogP contribution in [-0.2, 0) is 14.4 Å². The third kappa shape index (κ3) is 3.09. The van der Waals surface area contributed by atoms with Crippen molar-refractivity contribution in [1.82, 2.24) is 10.2 Å². The number of nitrogens with one attached hydrogen (secondary N) is 1. The highest BCUT2D eigenvalue weighted by Gasteiger charge is 2.41. The minimum atomic E-state index is -1.14. The van der Waals surface area contributed by atoms with Gasteiger partial charge in [0.25, 0.3) is 0 Å². The molecule has 0 aromatic rings. The number of carboxylic acid groups (broad SMARTS) is 2. The predicted molar refractivity (Wildman–Crippen MR) is 69.0 cm³/mol. The van der Waals surface area contributed by atoms with Crippen LogP contribution in [0.3, 0.4) is 0 Å². The fraction of sp³-hybridized carbons (Fsp3) is 0.769. The molecule has 2 aliphatic heterocycles. The normalized spacial score (nSPS) is 30.8. The molecule has 7 nitrogen and oxygen atoms in total. The van der Waals surface area contributed by atoms with E-state index in [0.717, 1.165) is 19.4 Å². The molecule has 0 aliphatic carbocycles. The molecule has 20 heavy (non-hydrogen) atoms. The van der Waals surface area contributed by atoms with Crippen molar-refractivity contribution in [3.05, 3.63) is 0 Å². The Morgan fingerprint density at radius 1 is 1.05 bits per heavy atom. The van der Waals surface area contributed by atoms with Gasteiger partial charge in [0.05, 0.1) is 17.8 Å². The molecule has 0 aromatic heterocycles. The zero-order chi connectivity index (χ0) is 14.7. The molecule has 2 rings (SSSR count). The van der Waals surface area contributed by atoms with E-state index in [1.807, 2.05) is 0 Å². The molecule has 2 saturated heterocycles. The Labute approximate surface area is 116 Å². The van der Waals surface area contributed by atoms with Crippen LogP contribution in [0.1, 0.15) is 19.3 Å². The molecule has 3 atom stereocenters. The molecule has 0 radical (unpaired) electrons. The van der Waals surface area contributed by atoms with Gasteiger partial charge in [-0.25, -0.2) is 0 Å². The number of likely N-dealkylation sites (tertiary alicyclic amines) is 1. The van der Waals surface area contributed by atoms with E-state index in [-0.39, 0.29) is 24.8 Å². The standard InChI is InChI=1S/C13H20N2O5/c16-11(8-2-1-4-14-6-8)15-5-3-9(12(17)18)10(7-15)13(19)20/h8-10,14H,1-7H2,(H,17,18)(H,19,20)/t8-,9?,10?/m1/s1. The third-order valence-corrected chi connectivity index (χ3v) is 4.20. The number of nitrogens with zero attached hydrogens (tertiary/aromatic N) is 1. The number of carbonyl (C=O) groups is 3. The van der Waals surface area contributed by atoms with Gasteiger partial charge in [-0.15, -0.1) is 0 Å². The van der Waals surface area contributed by atoms with Crippen molar-refractivity contribution in [2.24, 2.45) is 17.8 Å². The SMILES string of the molecule is O=C(O)C1CCN(C(=O)[C@@H]2CCCNC2)CC1C(=O)O. The van der Waals surface area contributed by atoms with E-state index in [9.17, 15) is 14.4 Å². The Morgan fingerprint density at radius 3 is 2.30 bits per heavy atom. The Morgan fingerprint density at radius 2 is 1.75 bits per heavy atom. The van der Waals surface area contributed by atoms with Crippen molar-refractivity contribution in [2.75, 3.05) is 26.2 Å². The highest BCUT2D eigenvalue weighted by Crippen LogP contribution is 2.26. The average molecular weight is 284 g/mol. The Balaban J connectivity index is 2.02. The lowest BCUT2D eigenvalue weighted by Gasteiger charge is -2.37. The van der Waals surface area contributed by atoms with Gasteiger partial charge in [-0.05, 0) is 25.8 Å². The summed E-state index contributed by atoms with van der Waals surface area (Å²) in [5.74, 6) is -4.31. The van der Waals surface area contributed by atoms with E-state index in [0.29, 0.717) is 13.1 Å². The second kappa shape index (κ2) is 6.21. The van der Waals surface area contributed by atoms with Gasteiger partial charge >= 0.3 is 11.9 Å². The first-order valence-electron chi connectivity index (χ1n) is 6.96. The van der Waals surface area contributed by atoms with Gasteiger partial charge in [-0.3, -0.25) is 14.4 Å². The number of hydrogen-bond acceptors (Lipinski definition) is 4. The monoisotopic (exact) mass is 284 g/mol. The predicted octanol–water partition coefficient (Wildman–Crippen LogP) is -0.380. The molecule has 0 spiro atoms. The third-order valence-electron chi connectivity index (χ3n) is 4.20. The molecule has 112 valence electrons. The molecule has 0 bridgehead atoms. The summed E-state index contributed by atoms with van der Waals surface area (Å²) < 4.78 is 0. The minimum Gasteiger partial charge on any atom is -0.481 e. The quantitative estimate of drug-likeness (QED) is 0.652. The maximum atomic E-state index is 12.3. The summed E-state index contributed by atoms with van der Waals surface area (Å²) in [7, 11) is 0. The smallest absolute Gasteiger partial charge is 0.309 e. The maximum absolute atomic E-state index is 12.3. The molecule has 3 N–H and O–H groups in total. The van der Waals surface area contributed by atoms with E-state index >= 15 is 0 Å². The molecule has 2 unspecified atom stereocenters. The van der Waals surface area contributed by atoms with Crippen LogP contribution in [0, 0.1) is 17.8 Å². The summed E-state index contributed by atoms with van der Waals surface area (Å²) >= 11 is 0. The van der Waals surface area contributed by atoms with Crippen LogP contribution >= 0.6 is 0 Å². The van der Waals surface area contributed by atoms with Gasteiger partial charge in [0.2, 0.25) is 5.91 Å². The van der Waals surface area contributed by atoms with E-state index in [4.69, 9.17) is 10.2 Å². The lowest BCUT2D eigenvalue weighted by Crippen LogP contribution is -2.51. The lowest BCUT2D eigenvalue weighted by atomic mass is 9.84. The van der Waals surface area contributed by atoms with Crippen LogP contribution in [-0.4, -0.2) is 59.1 Å². The summed E-state index contributed by atoms with van der Waals surface area (Å²) in [6, 6.07) is 0. The summed E-state index contributed by atoms with van der Waals surface area (Å²) in [6.45, 7) is 1.86. The summed E-state index contributed by atoms with van der Waals surface area (Å²) in [5.41, 5.74) is 0. The molecule has 1 amide bonds.